The van der Waals surface area contributed by atoms with E-state index in [-0.39, 0.29) is 17.8 Å². The molecule has 0 radical (unpaired) electrons. The van der Waals surface area contributed by atoms with Crippen LogP contribution < -0.4 is 5.32 Å². The molecule has 0 aromatic heterocycles. The number of guanidine groups is 1. The Kier molecular flexibility index (Phi) is 5.76. The summed E-state index contributed by atoms with van der Waals surface area (Å²) in [5.41, 5.74) is 1.30. The first-order valence-corrected chi connectivity index (χ1v) is 9.13. The van der Waals surface area contributed by atoms with E-state index in [1.165, 1.54) is 23.4 Å². The number of hydrogen-bond acceptors (Lipinski definition) is 3. The van der Waals surface area contributed by atoms with Crippen LogP contribution >= 0.6 is 0 Å². The molecule has 1 aliphatic rings. The third-order valence-corrected chi connectivity index (χ3v) is 5.14. The fraction of sp³-hybridized carbons (Fsp3) is 0.429. The van der Waals surface area contributed by atoms with Gasteiger partial charge >= 0.3 is 5.97 Å². The van der Waals surface area contributed by atoms with Gasteiger partial charge in [-0.05, 0) is 28.7 Å². The predicted octanol–water partition coefficient (Wildman–Crippen LogP) is 2.70. The molecular weight excluding hydrogens is 326 g/mol. The minimum absolute atomic E-state index is 0.0842. The van der Waals surface area contributed by atoms with Crippen molar-refractivity contribution >= 4 is 22.7 Å². The van der Waals surface area contributed by atoms with Crippen LogP contribution in [0.25, 0.3) is 10.8 Å². The van der Waals surface area contributed by atoms with Gasteiger partial charge in [-0.1, -0.05) is 49.4 Å². The van der Waals surface area contributed by atoms with Crippen LogP contribution in [0.15, 0.2) is 47.5 Å². The Morgan fingerprint density at radius 1 is 1.23 bits per heavy atom. The SMILES string of the molecule is CN=C(NCCc1ccc2ccccc2c1)N1CC(C)C(C(=O)OC)C1. The summed E-state index contributed by atoms with van der Waals surface area (Å²) in [6.07, 6.45) is 0.924. The summed E-state index contributed by atoms with van der Waals surface area (Å²) >= 11 is 0. The van der Waals surface area contributed by atoms with Gasteiger partial charge in [0.1, 0.15) is 0 Å². The van der Waals surface area contributed by atoms with E-state index in [0.29, 0.717) is 6.54 Å². The number of likely N-dealkylation sites (tertiary alicyclic amines) is 1. The zero-order chi connectivity index (χ0) is 18.5. The van der Waals surface area contributed by atoms with Gasteiger partial charge in [0, 0.05) is 26.7 Å². The molecular formula is C21H27N3O2. The number of carbonyl (C=O) groups excluding carboxylic acids is 1. The molecule has 0 aliphatic carbocycles. The lowest BCUT2D eigenvalue weighted by Crippen LogP contribution is -2.41. The molecule has 1 fully saturated rings. The van der Waals surface area contributed by atoms with E-state index in [0.717, 1.165) is 25.5 Å². The zero-order valence-electron chi connectivity index (χ0n) is 15.7. The molecule has 2 aromatic carbocycles. The average molecular weight is 353 g/mol. The van der Waals surface area contributed by atoms with Crippen molar-refractivity contribution in [2.24, 2.45) is 16.8 Å². The van der Waals surface area contributed by atoms with Crippen LogP contribution in [0.1, 0.15) is 12.5 Å². The van der Waals surface area contributed by atoms with Crippen LogP contribution in [-0.4, -0.2) is 50.6 Å². The lowest BCUT2D eigenvalue weighted by molar-refractivity contribution is -0.145. The largest absolute Gasteiger partial charge is 0.469 e. The van der Waals surface area contributed by atoms with E-state index in [2.05, 4.69) is 64.6 Å². The van der Waals surface area contributed by atoms with Crippen molar-refractivity contribution in [2.75, 3.05) is 33.8 Å². The van der Waals surface area contributed by atoms with Crippen LogP contribution in [0, 0.1) is 11.8 Å². The van der Waals surface area contributed by atoms with Crippen molar-refractivity contribution in [1.82, 2.24) is 10.2 Å². The van der Waals surface area contributed by atoms with Crippen molar-refractivity contribution in [3.63, 3.8) is 0 Å². The van der Waals surface area contributed by atoms with Crippen molar-refractivity contribution in [3.05, 3.63) is 48.0 Å². The molecule has 1 heterocycles. The number of esters is 1. The number of carbonyl (C=O) groups is 1. The quantitative estimate of drug-likeness (QED) is 0.522. The summed E-state index contributed by atoms with van der Waals surface area (Å²) in [5.74, 6) is 0.899. The van der Waals surface area contributed by atoms with E-state index >= 15 is 0 Å². The molecule has 1 N–H and O–H groups in total. The number of rotatable bonds is 4. The second-order valence-electron chi connectivity index (χ2n) is 6.92. The molecule has 0 saturated carbocycles. The topological polar surface area (TPSA) is 53.9 Å². The van der Waals surface area contributed by atoms with Crippen molar-refractivity contribution in [3.8, 4) is 0 Å². The Balaban J connectivity index is 1.56. The first-order valence-electron chi connectivity index (χ1n) is 9.13. The third kappa shape index (κ3) is 3.98. The molecule has 138 valence electrons. The molecule has 1 aliphatic heterocycles. The molecule has 5 nitrogen and oxygen atoms in total. The van der Waals surface area contributed by atoms with Gasteiger partial charge in [-0.25, -0.2) is 0 Å². The highest BCUT2D eigenvalue weighted by molar-refractivity contribution is 5.83. The Hall–Kier alpha value is -2.56. The summed E-state index contributed by atoms with van der Waals surface area (Å²) in [5, 5.41) is 5.96. The van der Waals surface area contributed by atoms with Gasteiger partial charge in [-0.2, -0.15) is 0 Å². The Morgan fingerprint density at radius 2 is 2.00 bits per heavy atom. The van der Waals surface area contributed by atoms with Crippen molar-refractivity contribution < 1.29 is 9.53 Å². The Labute approximate surface area is 155 Å². The van der Waals surface area contributed by atoms with Crippen LogP contribution in [-0.2, 0) is 16.0 Å². The maximum atomic E-state index is 11.9. The summed E-state index contributed by atoms with van der Waals surface area (Å²) in [6.45, 7) is 4.36. The van der Waals surface area contributed by atoms with Gasteiger partial charge in [0.15, 0.2) is 5.96 Å². The molecule has 0 amide bonds. The first-order chi connectivity index (χ1) is 12.6. The molecule has 0 bridgehead atoms. The third-order valence-electron chi connectivity index (χ3n) is 5.14. The Bertz CT molecular complexity index is 803. The van der Waals surface area contributed by atoms with Crippen LogP contribution in [0.3, 0.4) is 0 Å². The standard InChI is InChI=1S/C21H27N3O2/c1-15-13-24(14-19(15)20(25)26-3)21(22-2)23-11-10-16-8-9-17-6-4-5-7-18(17)12-16/h4-9,12,15,19H,10-11,13-14H2,1-3H3,(H,22,23). The molecule has 3 rings (SSSR count). The fourth-order valence-corrected chi connectivity index (χ4v) is 3.64. The number of aliphatic imine (C=N–C) groups is 1. The lowest BCUT2D eigenvalue weighted by atomic mass is 9.99. The normalized spacial score (nSPS) is 20.4. The number of fused-ring (bicyclic) bond motifs is 1. The monoisotopic (exact) mass is 353 g/mol. The van der Waals surface area contributed by atoms with Gasteiger partial charge < -0.3 is 15.0 Å². The molecule has 1 saturated heterocycles. The maximum Gasteiger partial charge on any atom is 0.310 e. The summed E-state index contributed by atoms with van der Waals surface area (Å²) in [6, 6.07) is 15.0. The minimum Gasteiger partial charge on any atom is -0.469 e. The summed E-state index contributed by atoms with van der Waals surface area (Å²) < 4.78 is 4.91. The first kappa shape index (κ1) is 18.2. The number of benzene rings is 2. The van der Waals surface area contributed by atoms with E-state index in [1.807, 2.05) is 0 Å². The molecule has 2 atom stereocenters. The van der Waals surface area contributed by atoms with Crippen molar-refractivity contribution in [2.45, 2.75) is 13.3 Å². The number of nitrogens with one attached hydrogen (secondary N) is 1. The molecule has 5 heteroatoms. The van der Waals surface area contributed by atoms with Gasteiger partial charge in [0.25, 0.3) is 0 Å². The zero-order valence-corrected chi connectivity index (χ0v) is 15.7. The highest BCUT2D eigenvalue weighted by atomic mass is 16.5. The fourth-order valence-electron chi connectivity index (χ4n) is 3.64. The predicted molar refractivity (Wildman–Crippen MR) is 105 cm³/mol. The maximum absolute atomic E-state index is 11.9. The second kappa shape index (κ2) is 8.21. The van der Waals surface area contributed by atoms with Gasteiger partial charge in [0.2, 0.25) is 0 Å². The summed E-state index contributed by atoms with van der Waals surface area (Å²) in [4.78, 5) is 18.4. The van der Waals surface area contributed by atoms with E-state index < -0.39 is 0 Å². The van der Waals surface area contributed by atoms with E-state index in [1.54, 1.807) is 7.05 Å². The summed E-state index contributed by atoms with van der Waals surface area (Å²) in [7, 11) is 3.24. The number of nitrogens with zero attached hydrogens (tertiary/aromatic N) is 2. The minimum atomic E-state index is -0.133. The van der Waals surface area contributed by atoms with Crippen LogP contribution in [0.4, 0.5) is 0 Å². The van der Waals surface area contributed by atoms with E-state index in [4.69, 9.17) is 4.74 Å². The molecule has 2 aromatic rings. The second-order valence-corrected chi connectivity index (χ2v) is 6.92. The lowest BCUT2D eigenvalue weighted by Gasteiger charge is -2.21. The highest BCUT2D eigenvalue weighted by Crippen LogP contribution is 2.24. The van der Waals surface area contributed by atoms with Crippen LogP contribution in [0.5, 0.6) is 0 Å². The van der Waals surface area contributed by atoms with Gasteiger partial charge in [-0.15, -0.1) is 0 Å². The molecule has 0 spiro atoms. The van der Waals surface area contributed by atoms with E-state index in [9.17, 15) is 4.79 Å². The highest BCUT2D eigenvalue weighted by Gasteiger charge is 2.36. The van der Waals surface area contributed by atoms with Crippen LogP contribution in [0.2, 0.25) is 0 Å². The Morgan fingerprint density at radius 3 is 2.73 bits per heavy atom. The van der Waals surface area contributed by atoms with Gasteiger partial charge in [-0.3, -0.25) is 9.79 Å². The smallest absolute Gasteiger partial charge is 0.310 e. The van der Waals surface area contributed by atoms with Gasteiger partial charge in [0.05, 0.1) is 13.0 Å². The average Bonchev–Trinajstić information content (AvgIpc) is 3.06. The van der Waals surface area contributed by atoms with Crippen molar-refractivity contribution in [1.29, 1.82) is 0 Å². The molecule has 26 heavy (non-hydrogen) atoms. The number of methoxy groups -OCH3 is 1. The number of hydrogen-bond donors (Lipinski definition) is 1. The molecule has 2 unspecified atom stereocenters. The number of ether oxygens (including phenoxy) is 1.